The predicted octanol–water partition coefficient (Wildman–Crippen LogP) is 3.28. The van der Waals surface area contributed by atoms with Crippen LogP contribution in [0.15, 0.2) is 54.6 Å². The number of carboxylic acids is 1. The molecule has 25 heavy (non-hydrogen) atoms. The van der Waals surface area contributed by atoms with Crippen molar-refractivity contribution in [2.24, 2.45) is 5.92 Å². The minimum Gasteiger partial charge on any atom is -0.478 e. The van der Waals surface area contributed by atoms with E-state index in [0.29, 0.717) is 18.1 Å². The van der Waals surface area contributed by atoms with Gasteiger partial charge in [-0.15, -0.1) is 0 Å². The zero-order chi connectivity index (χ0) is 17.6. The average Bonchev–Trinajstić information content (AvgIpc) is 3.15. The van der Waals surface area contributed by atoms with Crippen molar-refractivity contribution < 1.29 is 19.4 Å². The number of ether oxygens (including phenoxy) is 1. The molecule has 0 unspecified atom stereocenters. The second-order valence-electron chi connectivity index (χ2n) is 6.29. The largest absolute Gasteiger partial charge is 0.478 e. The van der Waals surface area contributed by atoms with Gasteiger partial charge in [0.05, 0.1) is 11.6 Å². The number of nitrogens with one attached hydrogen (secondary N) is 1. The number of carbonyl (C=O) groups excluding carboxylic acids is 1. The van der Waals surface area contributed by atoms with Crippen LogP contribution in [0.4, 0.5) is 0 Å². The lowest BCUT2D eigenvalue weighted by Gasteiger charge is -2.22. The fraction of sp³-hybridized carbons (Fsp3) is 0.300. The summed E-state index contributed by atoms with van der Waals surface area (Å²) in [7, 11) is 0. The van der Waals surface area contributed by atoms with Crippen LogP contribution in [-0.2, 0) is 4.74 Å². The highest BCUT2D eigenvalue weighted by molar-refractivity contribution is 5.97. The summed E-state index contributed by atoms with van der Waals surface area (Å²) in [4.78, 5) is 23.7. The first-order valence-corrected chi connectivity index (χ1v) is 8.40. The highest BCUT2D eigenvalue weighted by atomic mass is 16.5. The third-order valence-corrected chi connectivity index (χ3v) is 4.47. The van der Waals surface area contributed by atoms with Crippen molar-refractivity contribution in [3.63, 3.8) is 0 Å². The highest BCUT2D eigenvalue weighted by Gasteiger charge is 2.23. The smallest absolute Gasteiger partial charge is 0.335 e. The number of benzene rings is 2. The fourth-order valence-electron chi connectivity index (χ4n) is 3.10. The molecule has 0 spiro atoms. The van der Waals surface area contributed by atoms with Gasteiger partial charge in [0, 0.05) is 18.8 Å². The maximum absolute atomic E-state index is 12.6. The second-order valence-corrected chi connectivity index (χ2v) is 6.29. The molecule has 0 aliphatic carbocycles. The lowest BCUT2D eigenvalue weighted by Crippen LogP contribution is -2.30. The Bertz CT molecular complexity index is 738. The lowest BCUT2D eigenvalue weighted by atomic mass is 9.94. The fourth-order valence-corrected chi connectivity index (χ4v) is 3.10. The zero-order valence-corrected chi connectivity index (χ0v) is 13.9. The van der Waals surface area contributed by atoms with Gasteiger partial charge in [-0.05, 0) is 42.5 Å². The number of amides is 1. The molecule has 1 amide bonds. The third-order valence-electron chi connectivity index (χ3n) is 4.47. The van der Waals surface area contributed by atoms with Gasteiger partial charge in [0.15, 0.2) is 0 Å². The molecule has 2 aromatic carbocycles. The van der Waals surface area contributed by atoms with Crippen molar-refractivity contribution >= 4 is 11.9 Å². The molecule has 0 aromatic heterocycles. The Morgan fingerprint density at radius 3 is 2.56 bits per heavy atom. The number of aromatic carboxylic acids is 1. The summed E-state index contributed by atoms with van der Waals surface area (Å²) in [6.45, 7) is 1.48. The molecule has 0 bridgehead atoms. The van der Waals surface area contributed by atoms with E-state index in [1.165, 1.54) is 12.1 Å². The summed E-state index contributed by atoms with van der Waals surface area (Å²) in [6.07, 6.45) is 1.79. The molecule has 1 aliphatic heterocycles. The molecular weight excluding hydrogens is 318 g/mol. The van der Waals surface area contributed by atoms with Gasteiger partial charge in [-0.25, -0.2) is 4.79 Å². The summed E-state index contributed by atoms with van der Waals surface area (Å²) in [5.41, 5.74) is 1.49. The van der Waals surface area contributed by atoms with Gasteiger partial charge >= 0.3 is 5.97 Å². The summed E-state index contributed by atoms with van der Waals surface area (Å²) >= 11 is 0. The normalized spacial score (nSPS) is 17.8. The first kappa shape index (κ1) is 17.2. The van der Waals surface area contributed by atoms with Crippen LogP contribution in [0.5, 0.6) is 0 Å². The van der Waals surface area contributed by atoms with Crippen LogP contribution in [0.3, 0.4) is 0 Å². The molecule has 1 saturated heterocycles. The van der Waals surface area contributed by atoms with Crippen molar-refractivity contribution in [1.29, 1.82) is 0 Å². The van der Waals surface area contributed by atoms with Crippen molar-refractivity contribution in [3.05, 3.63) is 71.3 Å². The van der Waals surface area contributed by atoms with Gasteiger partial charge in [-0.3, -0.25) is 4.79 Å². The highest BCUT2D eigenvalue weighted by Crippen LogP contribution is 2.27. The Hall–Kier alpha value is -2.66. The van der Waals surface area contributed by atoms with E-state index in [1.807, 2.05) is 30.3 Å². The van der Waals surface area contributed by atoms with Gasteiger partial charge in [0.1, 0.15) is 0 Å². The van der Waals surface area contributed by atoms with Crippen molar-refractivity contribution in [3.8, 4) is 0 Å². The summed E-state index contributed by atoms with van der Waals surface area (Å²) < 4.78 is 5.45. The van der Waals surface area contributed by atoms with Crippen LogP contribution in [0.1, 0.15) is 45.2 Å². The molecule has 1 fully saturated rings. The average molecular weight is 339 g/mol. The predicted molar refractivity (Wildman–Crippen MR) is 93.6 cm³/mol. The number of hydrogen-bond donors (Lipinski definition) is 2. The Kier molecular flexibility index (Phi) is 5.46. The number of carboxylic acid groups (broad SMARTS) is 1. The Morgan fingerprint density at radius 2 is 1.88 bits per heavy atom. The van der Waals surface area contributed by atoms with Crippen LogP contribution in [0, 0.1) is 5.92 Å². The molecule has 5 heteroatoms. The molecule has 2 aromatic rings. The van der Waals surface area contributed by atoms with E-state index in [1.54, 1.807) is 12.1 Å². The monoisotopic (exact) mass is 339 g/mol. The quantitative estimate of drug-likeness (QED) is 0.847. The van der Waals surface area contributed by atoms with Crippen LogP contribution < -0.4 is 5.32 Å². The van der Waals surface area contributed by atoms with E-state index in [2.05, 4.69) is 5.32 Å². The maximum Gasteiger partial charge on any atom is 0.335 e. The summed E-state index contributed by atoms with van der Waals surface area (Å²) in [5, 5.41) is 12.2. The van der Waals surface area contributed by atoms with Gasteiger partial charge in [0.2, 0.25) is 0 Å². The lowest BCUT2D eigenvalue weighted by molar-refractivity contribution is 0.0697. The zero-order valence-electron chi connectivity index (χ0n) is 13.9. The molecule has 5 nitrogen and oxygen atoms in total. The van der Waals surface area contributed by atoms with Crippen LogP contribution in [-0.4, -0.2) is 30.2 Å². The van der Waals surface area contributed by atoms with E-state index >= 15 is 0 Å². The minimum absolute atomic E-state index is 0.105. The van der Waals surface area contributed by atoms with E-state index in [4.69, 9.17) is 9.84 Å². The van der Waals surface area contributed by atoms with E-state index in [9.17, 15) is 9.59 Å². The SMILES string of the molecule is O=C(O)c1cccc(C(=O)N[C@@H](C[C@@H]2CCOC2)c2ccccc2)c1. The first-order valence-electron chi connectivity index (χ1n) is 8.40. The summed E-state index contributed by atoms with van der Waals surface area (Å²) in [6, 6.07) is 15.8. The van der Waals surface area contributed by atoms with Crippen molar-refractivity contribution in [2.45, 2.75) is 18.9 Å². The van der Waals surface area contributed by atoms with E-state index in [-0.39, 0.29) is 17.5 Å². The standard InChI is InChI=1S/C20H21NO4/c22-19(16-7-4-8-17(12-16)20(23)24)21-18(11-14-9-10-25-13-14)15-5-2-1-3-6-15/h1-8,12,14,18H,9-11,13H2,(H,21,22)(H,23,24)/t14-,18-/m0/s1. The molecule has 1 aliphatic rings. The maximum atomic E-state index is 12.6. The van der Waals surface area contributed by atoms with Crippen LogP contribution in [0.25, 0.3) is 0 Å². The molecule has 0 saturated carbocycles. The molecule has 1 heterocycles. The van der Waals surface area contributed by atoms with Gasteiger partial charge in [0.25, 0.3) is 5.91 Å². The third kappa shape index (κ3) is 4.45. The molecule has 2 N–H and O–H groups in total. The first-order chi connectivity index (χ1) is 12.1. The van der Waals surface area contributed by atoms with Crippen LogP contribution >= 0.6 is 0 Å². The minimum atomic E-state index is -1.04. The molecular formula is C20H21NO4. The van der Waals surface area contributed by atoms with Crippen LogP contribution in [0.2, 0.25) is 0 Å². The number of hydrogen-bond acceptors (Lipinski definition) is 3. The Morgan fingerprint density at radius 1 is 1.12 bits per heavy atom. The molecule has 130 valence electrons. The van der Waals surface area contributed by atoms with Gasteiger partial charge in [-0.2, -0.15) is 0 Å². The number of carbonyl (C=O) groups is 2. The molecule has 2 atom stereocenters. The Labute approximate surface area is 146 Å². The Balaban J connectivity index is 1.78. The van der Waals surface area contributed by atoms with Crippen molar-refractivity contribution in [2.75, 3.05) is 13.2 Å². The number of rotatable bonds is 6. The topological polar surface area (TPSA) is 75.6 Å². The van der Waals surface area contributed by atoms with E-state index < -0.39 is 5.97 Å². The van der Waals surface area contributed by atoms with Crippen molar-refractivity contribution in [1.82, 2.24) is 5.32 Å². The van der Waals surface area contributed by atoms with Gasteiger partial charge in [-0.1, -0.05) is 36.4 Å². The van der Waals surface area contributed by atoms with E-state index in [0.717, 1.165) is 25.0 Å². The molecule has 3 rings (SSSR count). The summed E-state index contributed by atoms with van der Waals surface area (Å²) in [5.74, 6) is -0.899. The molecule has 0 radical (unpaired) electrons. The van der Waals surface area contributed by atoms with Gasteiger partial charge < -0.3 is 15.2 Å². The second kappa shape index (κ2) is 7.94.